The van der Waals surface area contributed by atoms with Crippen LogP contribution >= 0.6 is 0 Å². The van der Waals surface area contributed by atoms with Gasteiger partial charge in [0.05, 0.1) is 6.67 Å². The smallest absolute Gasteiger partial charge is 0.0931 e. The van der Waals surface area contributed by atoms with E-state index in [1.165, 1.54) is 31.3 Å². The molecule has 0 amide bonds. The van der Waals surface area contributed by atoms with Crippen molar-refractivity contribution in [3.05, 3.63) is 11.6 Å². The Bertz CT molecular complexity index is 116. The Morgan fingerprint density at radius 1 is 1.30 bits per heavy atom. The van der Waals surface area contributed by atoms with E-state index in [4.69, 9.17) is 0 Å². The maximum Gasteiger partial charge on any atom is 0.0931 e. The monoisotopic (exact) mass is 142 g/mol. The van der Waals surface area contributed by atoms with Gasteiger partial charge < -0.3 is 0 Å². The van der Waals surface area contributed by atoms with Crippen LogP contribution < -0.4 is 0 Å². The highest BCUT2D eigenvalue weighted by atomic mass is 19.1. The maximum atomic E-state index is 11.9. The van der Waals surface area contributed by atoms with Crippen LogP contribution in [0, 0.1) is 0 Å². The van der Waals surface area contributed by atoms with Gasteiger partial charge in [0.2, 0.25) is 0 Å². The third-order valence-corrected chi connectivity index (χ3v) is 2.05. The molecule has 0 atom stereocenters. The summed E-state index contributed by atoms with van der Waals surface area (Å²) in [5.74, 6) is 0. The first-order valence-electron chi connectivity index (χ1n) is 4.17. The molecule has 0 unspecified atom stereocenters. The van der Waals surface area contributed by atoms with E-state index < -0.39 is 0 Å². The van der Waals surface area contributed by atoms with Crippen LogP contribution in [0.5, 0.6) is 0 Å². The molecule has 0 N–H and O–H groups in total. The SMILES string of the molecule is FCCC1=CCCCCC1. The minimum atomic E-state index is -0.175. The zero-order chi connectivity index (χ0) is 7.23. The third kappa shape index (κ3) is 2.51. The Balaban J connectivity index is 2.31. The summed E-state index contributed by atoms with van der Waals surface area (Å²) < 4.78 is 11.9. The number of allylic oxidation sites excluding steroid dienone is 2. The molecule has 1 heteroatoms. The van der Waals surface area contributed by atoms with Gasteiger partial charge in [0.1, 0.15) is 0 Å². The fourth-order valence-electron chi connectivity index (χ4n) is 1.43. The quantitative estimate of drug-likeness (QED) is 0.519. The molecule has 0 saturated carbocycles. The maximum absolute atomic E-state index is 11.9. The predicted molar refractivity (Wildman–Crippen MR) is 41.8 cm³/mol. The van der Waals surface area contributed by atoms with Gasteiger partial charge in [0.15, 0.2) is 0 Å². The first-order valence-corrected chi connectivity index (χ1v) is 4.17. The van der Waals surface area contributed by atoms with Crippen LogP contribution in [0.1, 0.15) is 38.5 Å². The average Bonchev–Trinajstić information content (AvgIpc) is 2.17. The van der Waals surface area contributed by atoms with Gasteiger partial charge in [-0.25, -0.2) is 0 Å². The highest BCUT2D eigenvalue weighted by Gasteiger charge is 2.01. The lowest BCUT2D eigenvalue weighted by molar-refractivity contribution is 0.489. The second-order valence-electron chi connectivity index (χ2n) is 2.90. The molecule has 0 bridgehead atoms. The van der Waals surface area contributed by atoms with Crippen molar-refractivity contribution in [2.45, 2.75) is 38.5 Å². The molecule has 10 heavy (non-hydrogen) atoms. The summed E-state index contributed by atoms with van der Waals surface area (Å²) in [6, 6.07) is 0. The molecule has 0 aromatic rings. The van der Waals surface area contributed by atoms with Gasteiger partial charge in [0, 0.05) is 0 Å². The van der Waals surface area contributed by atoms with Gasteiger partial charge in [-0.2, -0.15) is 0 Å². The van der Waals surface area contributed by atoms with Crippen molar-refractivity contribution in [3.8, 4) is 0 Å². The molecule has 0 aliphatic heterocycles. The van der Waals surface area contributed by atoms with E-state index in [2.05, 4.69) is 6.08 Å². The van der Waals surface area contributed by atoms with Crippen LogP contribution in [0.3, 0.4) is 0 Å². The zero-order valence-corrected chi connectivity index (χ0v) is 6.41. The van der Waals surface area contributed by atoms with Crippen molar-refractivity contribution in [2.24, 2.45) is 0 Å². The van der Waals surface area contributed by atoms with E-state index in [0.29, 0.717) is 6.42 Å². The van der Waals surface area contributed by atoms with E-state index in [-0.39, 0.29) is 6.67 Å². The summed E-state index contributed by atoms with van der Waals surface area (Å²) in [7, 11) is 0. The summed E-state index contributed by atoms with van der Waals surface area (Å²) in [5, 5.41) is 0. The zero-order valence-electron chi connectivity index (χ0n) is 6.41. The Morgan fingerprint density at radius 3 is 3.00 bits per heavy atom. The fraction of sp³-hybridized carbons (Fsp3) is 0.778. The van der Waals surface area contributed by atoms with Crippen LogP contribution in [-0.2, 0) is 0 Å². The number of rotatable bonds is 2. The molecule has 58 valence electrons. The van der Waals surface area contributed by atoms with Gasteiger partial charge in [-0.15, -0.1) is 0 Å². The normalized spacial score (nSPS) is 19.9. The first-order chi connectivity index (χ1) is 4.93. The summed E-state index contributed by atoms with van der Waals surface area (Å²) in [5.41, 5.74) is 1.35. The molecule has 0 radical (unpaired) electrons. The van der Waals surface area contributed by atoms with Crippen molar-refractivity contribution in [1.82, 2.24) is 0 Å². The minimum Gasteiger partial charge on any atom is -0.251 e. The molecule has 0 aromatic heterocycles. The van der Waals surface area contributed by atoms with E-state index in [9.17, 15) is 4.39 Å². The van der Waals surface area contributed by atoms with E-state index in [1.54, 1.807) is 0 Å². The Labute approximate surface area is 62.1 Å². The molecule has 0 nitrogen and oxygen atoms in total. The van der Waals surface area contributed by atoms with E-state index >= 15 is 0 Å². The summed E-state index contributed by atoms with van der Waals surface area (Å²) >= 11 is 0. The largest absolute Gasteiger partial charge is 0.251 e. The standard InChI is InChI=1S/C9H15F/c10-8-7-9-5-3-1-2-4-6-9/h5H,1-4,6-8H2. The highest BCUT2D eigenvalue weighted by Crippen LogP contribution is 2.19. The van der Waals surface area contributed by atoms with Crippen LogP contribution in [0.4, 0.5) is 4.39 Å². The molecule has 0 heterocycles. The van der Waals surface area contributed by atoms with E-state index in [0.717, 1.165) is 6.42 Å². The molecular weight excluding hydrogens is 127 g/mol. The fourth-order valence-corrected chi connectivity index (χ4v) is 1.43. The summed E-state index contributed by atoms with van der Waals surface area (Å²) in [4.78, 5) is 0. The molecule has 0 spiro atoms. The average molecular weight is 142 g/mol. The third-order valence-electron chi connectivity index (χ3n) is 2.05. The number of hydrogen-bond acceptors (Lipinski definition) is 0. The molecule has 0 fully saturated rings. The number of alkyl halides is 1. The lowest BCUT2D eigenvalue weighted by Crippen LogP contribution is -1.83. The Morgan fingerprint density at radius 2 is 2.20 bits per heavy atom. The second-order valence-corrected chi connectivity index (χ2v) is 2.90. The van der Waals surface area contributed by atoms with Gasteiger partial charge in [0.25, 0.3) is 0 Å². The van der Waals surface area contributed by atoms with E-state index in [1.807, 2.05) is 0 Å². The van der Waals surface area contributed by atoms with Crippen molar-refractivity contribution in [3.63, 3.8) is 0 Å². The number of hydrogen-bond donors (Lipinski definition) is 0. The molecule has 0 aromatic carbocycles. The number of halogens is 1. The first kappa shape index (κ1) is 7.77. The molecule has 1 aliphatic rings. The summed E-state index contributed by atoms with van der Waals surface area (Å²) in [6.07, 6.45) is 9.12. The van der Waals surface area contributed by atoms with Crippen LogP contribution in [-0.4, -0.2) is 6.67 Å². The van der Waals surface area contributed by atoms with Gasteiger partial charge >= 0.3 is 0 Å². The minimum absolute atomic E-state index is 0.175. The second kappa shape index (κ2) is 4.48. The van der Waals surface area contributed by atoms with Crippen LogP contribution in [0.25, 0.3) is 0 Å². The Hall–Kier alpha value is -0.330. The van der Waals surface area contributed by atoms with Gasteiger partial charge in [-0.1, -0.05) is 18.1 Å². The topological polar surface area (TPSA) is 0 Å². The predicted octanol–water partition coefficient (Wildman–Crippen LogP) is 3.24. The molecule has 1 rings (SSSR count). The lowest BCUT2D eigenvalue weighted by atomic mass is 10.1. The van der Waals surface area contributed by atoms with Crippen molar-refractivity contribution >= 4 is 0 Å². The Kier molecular flexibility index (Phi) is 3.48. The van der Waals surface area contributed by atoms with Crippen LogP contribution in [0.15, 0.2) is 11.6 Å². The summed E-state index contributed by atoms with van der Waals surface area (Å²) in [6.45, 7) is -0.175. The molecule has 0 saturated heterocycles. The van der Waals surface area contributed by atoms with Crippen molar-refractivity contribution in [2.75, 3.05) is 6.67 Å². The van der Waals surface area contributed by atoms with Crippen LogP contribution in [0.2, 0.25) is 0 Å². The highest BCUT2D eigenvalue weighted by molar-refractivity contribution is 5.03. The van der Waals surface area contributed by atoms with Gasteiger partial charge in [-0.3, -0.25) is 4.39 Å². The molecular formula is C9H15F. The van der Waals surface area contributed by atoms with Crippen molar-refractivity contribution < 1.29 is 4.39 Å². The molecule has 1 aliphatic carbocycles. The van der Waals surface area contributed by atoms with Crippen molar-refractivity contribution in [1.29, 1.82) is 0 Å². The lowest BCUT2D eigenvalue weighted by Gasteiger charge is -1.99. The van der Waals surface area contributed by atoms with Gasteiger partial charge in [-0.05, 0) is 32.1 Å².